The third-order valence-corrected chi connectivity index (χ3v) is 5.03. The van der Waals surface area contributed by atoms with Gasteiger partial charge in [-0.2, -0.15) is 0 Å². The van der Waals surface area contributed by atoms with E-state index < -0.39 is 0 Å². The minimum Gasteiger partial charge on any atom is -0.308 e. The molecule has 1 aliphatic rings. The summed E-state index contributed by atoms with van der Waals surface area (Å²) in [7, 11) is 4.27. The molecule has 2 aromatic rings. The van der Waals surface area contributed by atoms with Crippen molar-refractivity contribution >= 4 is 11.8 Å². The number of benzene rings is 2. The van der Waals surface area contributed by atoms with Crippen LogP contribution in [0.4, 0.5) is 0 Å². The zero-order valence-electron chi connectivity index (χ0n) is 12.6. The maximum Gasteiger partial charge on any atom is 0.0454 e. The normalized spacial score (nSPS) is 18.7. The highest BCUT2D eigenvalue weighted by Gasteiger charge is 2.25. The second-order valence-corrected chi connectivity index (χ2v) is 6.86. The zero-order valence-corrected chi connectivity index (χ0v) is 13.4. The lowest BCUT2D eigenvalue weighted by Gasteiger charge is -2.26. The predicted molar refractivity (Wildman–Crippen MR) is 90.8 cm³/mol. The second kappa shape index (κ2) is 6.65. The Hall–Kier alpha value is -1.29. The van der Waals surface area contributed by atoms with Crippen LogP contribution < -0.4 is 5.32 Å². The van der Waals surface area contributed by atoms with Gasteiger partial charge in [-0.05, 0) is 31.3 Å². The number of hydrogen-bond donors (Lipinski definition) is 1. The summed E-state index contributed by atoms with van der Waals surface area (Å²) in [5.74, 6) is 1.12. The van der Waals surface area contributed by atoms with Crippen molar-refractivity contribution in [3.05, 3.63) is 65.7 Å². The number of nitrogens with one attached hydrogen (secondary N) is 1. The van der Waals surface area contributed by atoms with E-state index in [1.54, 1.807) is 0 Å². The minimum atomic E-state index is 0.359. The molecule has 0 spiro atoms. The molecule has 0 saturated carbocycles. The first-order valence-corrected chi connectivity index (χ1v) is 8.40. The third kappa shape index (κ3) is 3.49. The summed E-state index contributed by atoms with van der Waals surface area (Å²) in [5, 5.41) is 3.86. The fourth-order valence-corrected chi connectivity index (χ4v) is 4.02. The first-order valence-electron chi connectivity index (χ1n) is 7.41. The van der Waals surface area contributed by atoms with Gasteiger partial charge in [-0.15, -0.1) is 11.8 Å². The molecule has 0 radical (unpaired) electrons. The van der Waals surface area contributed by atoms with Crippen LogP contribution in [0.1, 0.15) is 23.2 Å². The van der Waals surface area contributed by atoms with Gasteiger partial charge in [-0.1, -0.05) is 48.5 Å². The Morgan fingerprint density at radius 2 is 1.81 bits per heavy atom. The molecule has 2 unspecified atom stereocenters. The highest BCUT2D eigenvalue weighted by molar-refractivity contribution is 7.99. The van der Waals surface area contributed by atoms with E-state index in [1.165, 1.54) is 16.0 Å². The monoisotopic (exact) mass is 298 g/mol. The van der Waals surface area contributed by atoms with Crippen LogP contribution in [0, 0.1) is 0 Å². The van der Waals surface area contributed by atoms with Crippen molar-refractivity contribution in [2.45, 2.75) is 17.0 Å². The van der Waals surface area contributed by atoms with Crippen LogP contribution in [0.25, 0.3) is 0 Å². The average molecular weight is 298 g/mol. The largest absolute Gasteiger partial charge is 0.308 e. The molecule has 2 nitrogen and oxygen atoms in total. The molecule has 0 aromatic heterocycles. The summed E-state index contributed by atoms with van der Waals surface area (Å²) in [6.07, 6.45) is 0. The maximum absolute atomic E-state index is 3.86. The van der Waals surface area contributed by atoms with E-state index in [4.69, 9.17) is 0 Å². The first kappa shape index (κ1) is 14.6. The number of likely N-dealkylation sites (N-methyl/N-ethyl adjacent to an activating group) is 1. The molecule has 0 aliphatic carbocycles. The molecule has 1 N–H and O–H groups in total. The fourth-order valence-electron chi connectivity index (χ4n) is 2.85. The standard InChI is InChI=1S/C18H22N2S/c1-20(2)12-16(14-8-4-3-5-9-14)19-17-13-21-18-11-7-6-10-15(17)18/h3-11,16-17,19H,12-13H2,1-2H3. The third-order valence-electron chi connectivity index (χ3n) is 3.85. The van der Waals surface area contributed by atoms with E-state index in [1.807, 2.05) is 11.8 Å². The SMILES string of the molecule is CN(C)CC(NC1CSc2ccccc21)c1ccccc1. The van der Waals surface area contributed by atoms with Gasteiger partial charge in [-0.3, -0.25) is 0 Å². The predicted octanol–water partition coefficient (Wildman–Crippen LogP) is 3.73. The zero-order chi connectivity index (χ0) is 14.7. The molecule has 0 bridgehead atoms. The van der Waals surface area contributed by atoms with Crippen molar-refractivity contribution in [1.29, 1.82) is 0 Å². The molecule has 1 aliphatic heterocycles. The lowest BCUT2D eigenvalue weighted by atomic mass is 10.0. The molecule has 110 valence electrons. The number of rotatable bonds is 5. The maximum atomic E-state index is 3.86. The van der Waals surface area contributed by atoms with E-state index in [2.05, 4.69) is 78.9 Å². The van der Waals surface area contributed by atoms with Crippen molar-refractivity contribution in [2.75, 3.05) is 26.4 Å². The van der Waals surface area contributed by atoms with Crippen LogP contribution in [0.5, 0.6) is 0 Å². The summed E-state index contributed by atoms with van der Waals surface area (Å²) < 4.78 is 0. The lowest BCUT2D eigenvalue weighted by molar-refractivity contribution is 0.327. The molecule has 3 heteroatoms. The Morgan fingerprint density at radius 1 is 1.10 bits per heavy atom. The molecular weight excluding hydrogens is 276 g/mol. The van der Waals surface area contributed by atoms with Crippen molar-refractivity contribution in [2.24, 2.45) is 0 Å². The molecule has 2 aromatic carbocycles. The Morgan fingerprint density at radius 3 is 2.57 bits per heavy atom. The summed E-state index contributed by atoms with van der Waals surface area (Å²) in [5.41, 5.74) is 2.81. The van der Waals surface area contributed by atoms with Crippen LogP contribution in [-0.2, 0) is 0 Å². The number of nitrogens with zero attached hydrogens (tertiary/aromatic N) is 1. The molecule has 2 atom stereocenters. The Balaban J connectivity index is 1.80. The fraction of sp³-hybridized carbons (Fsp3) is 0.333. The smallest absolute Gasteiger partial charge is 0.0454 e. The highest BCUT2D eigenvalue weighted by Crippen LogP contribution is 2.38. The highest BCUT2D eigenvalue weighted by atomic mass is 32.2. The van der Waals surface area contributed by atoms with Gasteiger partial charge in [0.15, 0.2) is 0 Å². The minimum absolute atomic E-state index is 0.359. The van der Waals surface area contributed by atoms with Gasteiger partial charge in [0.2, 0.25) is 0 Å². The molecule has 0 saturated heterocycles. The summed E-state index contributed by atoms with van der Waals surface area (Å²) in [4.78, 5) is 3.67. The van der Waals surface area contributed by atoms with Gasteiger partial charge >= 0.3 is 0 Å². The van der Waals surface area contributed by atoms with E-state index in [-0.39, 0.29) is 0 Å². The van der Waals surface area contributed by atoms with Crippen molar-refractivity contribution in [1.82, 2.24) is 10.2 Å². The van der Waals surface area contributed by atoms with Crippen LogP contribution >= 0.6 is 11.8 Å². The number of hydrogen-bond acceptors (Lipinski definition) is 3. The summed E-state index contributed by atoms with van der Waals surface area (Å²) >= 11 is 1.96. The van der Waals surface area contributed by atoms with Crippen molar-refractivity contribution < 1.29 is 0 Å². The van der Waals surface area contributed by atoms with Crippen LogP contribution in [0.3, 0.4) is 0 Å². The van der Waals surface area contributed by atoms with Gasteiger partial charge in [0.25, 0.3) is 0 Å². The molecule has 21 heavy (non-hydrogen) atoms. The molecule has 0 fully saturated rings. The Bertz CT molecular complexity index is 583. The van der Waals surface area contributed by atoms with E-state index >= 15 is 0 Å². The average Bonchev–Trinajstić information content (AvgIpc) is 2.90. The number of fused-ring (bicyclic) bond motifs is 1. The van der Waals surface area contributed by atoms with Crippen LogP contribution in [0.15, 0.2) is 59.5 Å². The molecular formula is C18H22N2S. The van der Waals surface area contributed by atoms with E-state index in [0.29, 0.717) is 12.1 Å². The Kier molecular flexibility index (Phi) is 4.63. The van der Waals surface area contributed by atoms with Gasteiger partial charge in [0.1, 0.15) is 0 Å². The van der Waals surface area contributed by atoms with Gasteiger partial charge < -0.3 is 10.2 Å². The van der Waals surface area contributed by atoms with Gasteiger partial charge in [0, 0.05) is 29.3 Å². The van der Waals surface area contributed by atoms with Crippen molar-refractivity contribution in [3.8, 4) is 0 Å². The summed E-state index contributed by atoms with van der Waals surface area (Å²) in [6, 6.07) is 20.3. The van der Waals surface area contributed by atoms with Gasteiger partial charge in [-0.25, -0.2) is 0 Å². The lowest BCUT2D eigenvalue weighted by Crippen LogP contribution is -2.34. The summed E-state index contributed by atoms with van der Waals surface area (Å²) in [6.45, 7) is 1.01. The van der Waals surface area contributed by atoms with E-state index in [0.717, 1.165) is 12.3 Å². The molecule has 0 amide bonds. The Labute approximate surface area is 131 Å². The quantitative estimate of drug-likeness (QED) is 0.905. The molecule has 1 heterocycles. The van der Waals surface area contributed by atoms with Crippen molar-refractivity contribution in [3.63, 3.8) is 0 Å². The van der Waals surface area contributed by atoms with Crippen LogP contribution in [-0.4, -0.2) is 31.3 Å². The second-order valence-electron chi connectivity index (χ2n) is 5.79. The number of thioether (sulfide) groups is 1. The van der Waals surface area contributed by atoms with Gasteiger partial charge in [0.05, 0.1) is 0 Å². The topological polar surface area (TPSA) is 15.3 Å². The van der Waals surface area contributed by atoms with E-state index in [9.17, 15) is 0 Å². The molecule has 3 rings (SSSR count). The first-order chi connectivity index (χ1) is 10.2. The van der Waals surface area contributed by atoms with Crippen LogP contribution in [0.2, 0.25) is 0 Å².